The molecule has 1 unspecified atom stereocenters. The number of carbonyl (C=O) groups excluding carboxylic acids is 1. The van der Waals surface area contributed by atoms with Gasteiger partial charge in [-0.1, -0.05) is 35.9 Å². The van der Waals surface area contributed by atoms with Crippen molar-refractivity contribution in [3.8, 4) is 0 Å². The second-order valence-electron chi connectivity index (χ2n) is 5.43. The van der Waals surface area contributed by atoms with E-state index in [1.165, 1.54) is 0 Å². The normalized spacial score (nSPS) is 13.4. The molecule has 5 heteroatoms. The van der Waals surface area contributed by atoms with Crippen LogP contribution in [-0.2, 0) is 9.05 Å². The van der Waals surface area contributed by atoms with E-state index in [1.807, 2.05) is 39.0 Å². The average molecular weight is 333 g/mol. The van der Waals surface area contributed by atoms with Crippen LogP contribution in [0.5, 0.6) is 0 Å². The Morgan fingerprint density at radius 1 is 1.09 bits per heavy atom. The molecule has 4 nitrogen and oxygen atoms in total. The molecule has 0 saturated heterocycles. The van der Waals surface area contributed by atoms with E-state index in [-0.39, 0.29) is 6.61 Å². The molecule has 0 aliphatic heterocycles. The van der Waals surface area contributed by atoms with Crippen molar-refractivity contribution >= 4 is 19.2 Å². The van der Waals surface area contributed by atoms with Crippen LogP contribution in [0.25, 0.3) is 0 Å². The summed E-state index contributed by atoms with van der Waals surface area (Å²) in [6.45, 7) is 7.69. The molecule has 0 heterocycles. The number of rotatable bonds is 5. The predicted octanol–water partition coefficient (Wildman–Crippen LogP) is 3.89. The summed E-state index contributed by atoms with van der Waals surface area (Å²) in [4.78, 5) is 23.4. The summed E-state index contributed by atoms with van der Waals surface area (Å²) in [5.41, 5.74) is 3.20. The first-order valence-corrected chi connectivity index (χ1v) is 9.09. The van der Waals surface area contributed by atoms with Gasteiger partial charge in [-0.2, -0.15) is 9.42 Å². The maximum Gasteiger partial charge on any atom is 0.495 e. The van der Waals surface area contributed by atoms with Crippen molar-refractivity contribution in [2.45, 2.75) is 27.7 Å². The Kier molecular flexibility index (Phi) is 5.53. The molecule has 23 heavy (non-hydrogen) atoms. The maximum atomic E-state index is 12.6. The first kappa shape index (κ1) is 17.6. The van der Waals surface area contributed by atoms with Crippen molar-refractivity contribution < 1.29 is 18.7 Å². The molecular weight excluding hydrogens is 311 g/mol. The monoisotopic (exact) mass is 333 g/mol. The molecule has 1 N–H and O–H groups in total. The van der Waals surface area contributed by atoms with Gasteiger partial charge in [0, 0.05) is 0 Å². The van der Waals surface area contributed by atoms with Crippen molar-refractivity contribution in [2.75, 3.05) is 6.61 Å². The number of benzene rings is 2. The summed E-state index contributed by atoms with van der Waals surface area (Å²) in [6, 6.07) is 12.6. The van der Waals surface area contributed by atoms with E-state index < -0.39 is 13.9 Å². The number of hydrogen-bond donors (Lipinski definition) is 1. The predicted molar refractivity (Wildman–Crippen MR) is 92.9 cm³/mol. The molecule has 0 fully saturated rings. The Morgan fingerprint density at radius 3 is 2.17 bits per heavy atom. The summed E-state index contributed by atoms with van der Waals surface area (Å²) < 4.78 is 10.9. The van der Waals surface area contributed by atoms with Crippen LogP contribution < -0.4 is 5.30 Å². The van der Waals surface area contributed by atoms with Gasteiger partial charge in [-0.25, -0.2) is 9.32 Å². The minimum Gasteiger partial charge on any atom is -0.241 e. The highest BCUT2D eigenvalue weighted by molar-refractivity contribution is 7.69. The molecule has 0 aromatic heterocycles. The van der Waals surface area contributed by atoms with Gasteiger partial charge in [0.25, 0.3) is 0 Å². The first-order valence-electron chi connectivity index (χ1n) is 7.51. The molecule has 0 aliphatic rings. The summed E-state index contributed by atoms with van der Waals surface area (Å²) in [6.07, 6.45) is 0. The van der Waals surface area contributed by atoms with Gasteiger partial charge >= 0.3 is 13.9 Å². The highest BCUT2D eigenvalue weighted by Gasteiger charge is 2.48. The molecule has 0 amide bonds. The molecule has 0 radical (unpaired) electrons. The Hall–Kier alpha value is -1.74. The lowest BCUT2D eigenvalue weighted by Gasteiger charge is -2.17. The zero-order valence-electron chi connectivity index (χ0n) is 13.9. The highest BCUT2D eigenvalue weighted by Crippen LogP contribution is 2.56. The first-order chi connectivity index (χ1) is 10.9. The topological polar surface area (TPSA) is 55.8 Å². The van der Waals surface area contributed by atoms with Crippen molar-refractivity contribution in [2.24, 2.45) is 0 Å². The van der Waals surface area contributed by atoms with Crippen LogP contribution in [0.15, 0.2) is 42.5 Å². The van der Waals surface area contributed by atoms with Crippen LogP contribution in [-0.4, -0.2) is 17.5 Å². The van der Waals surface area contributed by atoms with Crippen molar-refractivity contribution in [3.63, 3.8) is 0 Å². The number of carbonyl (C=O) groups is 1. The van der Waals surface area contributed by atoms with E-state index in [2.05, 4.69) is 0 Å². The summed E-state index contributed by atoms with van der Waals surface area (Å²) >= 11 is 0. The van der Waals surface area contributed by atoms with E-state index in [9.17, 15) is 9.69 Å². The zero-order valence-corrected chi connectivity index (χ0v) is 14.8. The van der Waals surface area contributed by atoms with Crippen molar-refractivity contribution in [3.05, 3.63) is 64.7 Å². The van der Waals surface area contributed by atoms with Gasteiger partial charge in [0.1, 0.15) is 0 Å². The van der Waals surface area contributed by atoms with Gasteiger partial charge in [-0.15, -0.1) is 0 Å². The lowest BCUT2D eigenvalue weighted by molar-refractivity contribution is 0.0681. The van der Waals surface area contributed by atoms with E-state index in [0.29, 0.717) is 10.9 Å². The second-order valence-corrected chi connectivity index (χ2v) is 7.42. The minimum absolute atomic E-state index is 0.248. The van der Waals surface area contributed by atoms with Gasteiger partial charge in [-0.05, 0) is 51.0 Å². The molecule has 2 aromatic carbocycles. The maximum absolute atomic E-state index is 12.6. The quantitative estimate of drug-likeness (QED) is 0.844. The smallest absolute Gasteiger partial charge is 0.241 e. The zero-order chi connectivity index (χ0) is 17.0. The molecule has 0 aliphatic carbocycles. The molecule has 0 bridgehead atoms. The van der Waals surface area contributed by atoms with Gasteiger partial charge in [-0.3, -0.25) is 0 Å². The Bertz CT molecular complexity index is 676. The van der Waals surface area contributed by atoms with Crippen molar-refractivity contribution in [1.82, 2.24) is 0 Å². The van der Waals surface area contributed by atoms with Crippen LogP contribution >= 0.6 is 7.94 Å². The fraction of sp³-hybridized carbons (Fsp3) is 0.278. The summed E-state index contributed by atoms with van der Waals surface area (Å²) in [7, 11) is -3.44. The van der Waals surface area contributed by atoms with Gasteiger partial charge in [0.2, 0.25) is 0 Å². The Balaban J connectivity index is 2.36. The van der Waals surface area contributed by atoms with Crippen LogP contribution in [0.1, 0.15) is 34.0 Å². The third-order valence-corrected chi connectivity index (χ3v) is 5.45. The fourth-order valence-electron chi connectivity index (χ4n) is 2.60. The molecule has 2 rings (SSSR count). The standard InChI is InChI=1S/C18H22O4P/c1-5-21-23(20,16-9-7-6-8-10-16)22-18(19)17-14(3)11-13(2)12-15(17)4/h6-12,20H,5H2,1-4H3/q+1. The molecule has 2 aromatic rings. The van der Waals surface area contributed by atoms with E-state index >= 15 is 0 Å². The SMILES string of the molecule is CCO[P+](O)(OC(=O)c1c(C)cc(C)cc1C)c1ccccc1. The Morgan fingerprint density at radius 2 is 1.65 bits per heavy atom. The molecule has 0 saturated carbocycles. The van der Waals surface area contributed by atoms with E-state index in [1.54, 1.807) is 31.2 Å². The van der Waals surface area contributed by atoms with Gasteiger partial charge < -0.3 is 0 Å². The van der Waals surface area contributed by atoms with E-state index in [4.69, 9.17) is 9.05 Å². The van der Waals surface area contributed by atoms with Gasteiger partial charge in [0.05, 0.1) is 12.2 Å². The third-order valence-electron chi connectivity index (χ3n) is 3.47. The molecule has 0 spiro atoms. The molecule has 122 valence electrons. The minimum atomic E-state index is -3.44. The van der Waals surface area contributed by atoms with E-state index in [0.717, 1.165) is 16.7 Å². The lowest BCUT2D eigenvalue weighted by Crippen LogP contribution is -2.20. The fourth-order valence-corrected chi connectivity index (χ4v) is 4.13. The summed E-state index contributed by atoms with van der Waals surface area (Å²) in [5, 5.41) is 0.484. The van der Waals surface area contributed by atoms with Crippen LogP contribution in [0.3, 0.4) is 0 Å². The third kappa shape index (κ3) is 3.97. The van der Waals surface area contributed by atoms with Crippen LogP contribution in [0, 0.1) is 20.8 Å². The van der Waals surface area contributed by atoms with Crippen molar-refractivity contribution in [1.29, 1.82) is 0 Å². The second kappa shape index (κ2) is 7.22. The van der Waals surface area contributed by atoms with Crippen LogP contribution in [0.4, 0.5) is 0 Å². The lowest BCUT2D eigenvalue weighted by atomic mass is 10.0. The molecular formula is C18H22O4P+. The molecule has 1 atom stereocenters. The number of aryl methyl sites for hydroxylation is 3. The largest absolute Gasteiger partial charge is 0.495 e. The Labute approximate surface area is 137 Å². The van der Waals surface area contributed by atoms with Gasteiger partial charge in [0.15, 0.2) is 5.30 Å². The summed E-state index contributed by atoms with van der Waals surface area (Å²) in [5.74, 6) is -0.562. The van der Waals surface area contributed by atoms with Crippen LogP contribution in [0.2, 0.25) is 0 Å². The average Bonchev–Trinajstić information content (AvgIpc) is 2.47. The number of hydrogen-bond acceptors (Lipinski definition) is 4. The highest BCUT2D eigenvalue weighted by atomic mass is 31.2.